The van der Waals surface area contributed by atoms with E-state index in [4.69, 9.17) is 5.11 Å². The molecule has 2 N–H and O–H groups in total. The Bertz CT molecular complexity index is 418. The minimum Gasteiger partial charge on any atom is -0.480 e. The maximum Gasteiger partial charge on any atom is 0.325 e. The highest BCUT2D eigenvalue weighted by molar-refractivity contribution is 5.87. The molecule has 0 aromatic heterocycles. The van der Waals surface area contributed by atoms with Gasteiger partial charge in [0.1, 0.15) is 12.1 Å². The Labute approximate surface area is 106 Å². The number of carbonyl (C=O) groups excluding carboxylic acids is 1. The van der Waals surface area contributed by atoms with Crippen LogP contribution in [0.5, 0.6) is 0 Å². The Morgan fingerprint density at radius 3 is 2.22 bits per heavy atom. The Hall–Kier alpha value is -1.88. The zero-order valence-corrected chi connectivity index (χ0v) is 10.8. The van der Waals surface area contributed by atoms with Crippen LogP contribution in [0.2, 0.25) is 0 Å². The molecule has 0 aliphatic rings. The molecule has 2 unspecified atom stereocenters. The second-order valence-corrected chi connectivity index (χ2v) is 4.35. The summed E-state index contributed by atoms with van der Waals surface area (Å²) in [6.45, 7) is 1.44. The fourth-order valence-electron chi connectivity index (χ4n) is 1.67. The van der Waals surface area contributed by atoms with Gasteiger partial charge in [0.15, 0.2) is 0 Å². The van der Waals surface area contributed by atoms with Gasteiger partial charge in [-0.1, -0.05) is 30.3 Å². The number of nitrogens with one attached hydrogen (secondary N) is 1. The summed E-state index contributed by atoms with van der Waals surface area (Å²) < 4.78 is 0. The van der Waals surface area contributed by atoms with E-state index < -0.39 is 18.1 Å². The van der Waals surface area contributed by atoms with Crippen LogP contribution in [0.4, 0.5) is 0 Å². The van der Waals surface area contributed by atoms with E-state index in [0.717, 1.165) is 5.56 Å². The number of carboxylic acids is 1. The summed E-state index contributed by atoms with van der Waals surface area (Å²) in [6, 6.07) is 7.86. The molecule has 98 valence electrons. The van der Waals surface area contributed by atoms with Crippen molar-refractivity contribution in [3.05, 3.63) is 35.9 Å². The van der Waals surface area contributed by atoms with E-state index in [-0.39, 0.29) is 5.91 Å². The Kier molecular flexibility index (Phi) is 4.85. The first-order valence-corrected chi connectivity index (χ1v) is 5.68. The maximum absolute atomic E-state index is 12.1. The molecule has 2 atom stereocenters. The molecular weight excluding hydrogens is 232 g/mol. The second kappa shape index (κ2) is 6.16. The lowest BCUT2D eigenvalue weighted by Crippen LogP contribution is -2.44. The third-order valence-electron chi connectivity index (χ3n) is 2.61. The zero-order valence-electron chi connectivity index (χ0n) is 10.8. The summed E-state index contributed by atoms with van der Waals surface area (Å²) in [7, 11) is 3.56. The van der Waals surface area contributed by atoms with Crippen LogP contribution in [0.1, 0.15) is 18.5 Å². The van der Waals surface area contributed by atoms with Crippen molar-refractivity contribution in [3.63, 3.8) is 0 Å². The Morgan fingerprint density at radius 2 is 1.78 bits per heavy atom. The maximum atomic E-state index is 12.1. The van der Waals surface area contributed by atoms with Gasteiger partial charge in [0.25, 0.3) is 0 Å². The third kappa shape index (κ3) is 3.56. The largest absolute Gasteiger partial charge is 0.480 e. The lowest BCUT2D eigenvalue weighted by molar-refractivity contribution is -0.142. The molecule has 1 rings (SSSR count). The van der Waals surface area contributed by atoms with Crippen molar-refractivity contribution >= 4 is 11.9 Å². The summed E-state index contributed by atoms with van der Waals surface area (Å²) >= 11 is 0. The first kappa shape index (κ1) is 14.2. The molecule has 0 saturated heterocycles. The monoisotopic (exact) mass is 250 g/mol. The molecule has 0 aliphatic carbocycles. The summed E-state index contributed by atoms with van der Waals surface area (Å²) in [6.07, 6.45) is 0. The summed E-state index contributed by atoms with van der Waals surface area (Å²) in [5.41, 5.74) is 0.831. The first-order valence-electron chi connectivity index (χ1n) is 5.68. The van der Waals surface area contributed by atoms with Gasteiger partial charge in [-0.15, -0.1) is 0 Å². The van der Waals surface area contributed by atoms with Gasteiger partial charge in [-0.2, -0.15) is 0 Å². The Balaban J connectivity index is 2.87. The van der Waals surface area contributed by atoms with Gasteiger partial charge in [-0.05, 0) is 26.6 Å². The number of carboxylic acid groups (broad SMARTS) is 1. The molecule has 0 spiro atoms. The van der Waals surface area contributed by atoms with Gasteiger partial charge in [0, 0.05) is 0 Å². The third-order valence-corrected chi connectivity index (χ3v) is 2.61. The molecule has 0 aliphatic heterocycles. The van der Waals surface area contributed by atoms with Crippen LogP contribution in [-0.4, -0.2) is 42.0 Å². The standard InChI is InChI=1S/C13H18N2O3/c1-9(13(17)18)14-12(16)11(15(2)3)10-7-5-4-6-8-10/h4-9,11H,1-3H3,(H,14,16)(H,17,18). The molecule has 0 radical (unpaired) electrons. The minimum atomic E-state index is -1.05. The van der Waals surface area contributed by atoms with Gasteiger partial charge in [0.05, 0.1) is 0 Å². The van der Waals surface area contributed by atoms with E-state index in [1.54, 1.807) is 19.0 Å². The number of hydrogen-bond acceptors (Lipinski definition) is 3. The average molecular weight is 250 g/mol. The fraction of sp³-hybridized carbons (Fsp3) is 0.385. The molecule has 1 aromatic carbocycles. The van der Waals surface area contributed by atoms with Crippen molar-refractivity contribution < 1.29 is 14.7 Å². The number of hydrogen-bond donors (Lipinski definition) is 2. The number of amides is 1. The van der Waals surface area contributed by atoms with Gasteiger partial charge in [0.2, 0.25) is 5.91 Å². The number of rotatable bonds is 5. The van der Waals surface area contributed by atoms with Crippen molar-refractivity contribution in [2.75, 3.05) is 14.1 Å². The van der Waals surface area contributed by atoms with E-state index in [0.29, 0.717) is 0 Å². The fourth-order valence-corrected chi connectivity index (χ4v) is 1.67. The van der Waals surface area contributed by atoms with Crippen molar-refractivity contribution in [1.82, 2.24) is 10.2 Å². The highest BCUT2D eigenvalue weighted by Crippen LogP contribution is 2.18. The summed E-state index contributed by atoms with van der Waals surface area (Å²) in [4.78, 5) is 24.6. The number of aliphatic carboxylic acids is 1. The normalized spacial score (nSPS) is 14.0. The van der Waals surface area contributed by atoms with Crippen molar-refractivity contribution in [1.29, 1.82) is 0 Å². The quantitative estimate of drug-likeness (QED) is 0.814. The lowest BCUT2D eigenvalue weighted by atomic mass is 10.1. The molecule has 0 heterocycles. The molecule has 0 fully saturated rings. The predicted octanol–water partition coefficient (Wildman–Crippen LogP) is 0.879. The number of nitrogens with zero attached hydrogens (tertiary/aromatic N) is 1. The molecule has 18 heavy (non-hydrogen) atoms. The topological polar surface area (TPSA) is 69.6 Å². The van der Waals surface area contributed by atoms with Crippen molar-refractivity contribution in [2.24, 2.45) is 0 Å². The van der Waals surface area contributed by atoms with E-state index >= 15 is 0 Å². The molecule has 1 amide bonds. The van der Waals surface area contributed by atoms with Gasteiger partial charge in [-0.25, -0.2) is 0 Å². The predicted molar refractivity (Wildman–Crippen MR) is 68.1 cm³/mol. The van der Waals surface area contributed by atoms with Crippen molar-refractivity contribution in [2.45, 2.75) is 19.0 Å². The molecule has 5 nitrogen and oxygen atoms in total. The van der Waals surface area contributed by atoms with Gasteiger partial charge in [-0.3, -0.25) is 14.5 Å². The van der Waals surface area contributed by atoms with E-state index in [1.165, 1.54) is 6.92 Å². The van der Waals surface area contributed by atoms with Crippen LogP contribution in [-0.2, 0) is 9.59 Å². The van der Waals surface area contributed by atoms with E-state index in [9.17, 15) is 9.59 Å². The average Bonchev–Trinajstić information content (AvgIpc) is 2.29. The first-order chi connectivity index (χ1) is 8.43. The molecular formula is C13H18N2O3. The smallest absolute Gasteiger partial charge is 0.325 e. The zero-order chi connectivity index (χ0) is 13.7. The highest BCUT2D eigenvalue weighted by Gasteiger charge is 2.25. The molecule has 5 heteroatoms. The number of carbonyl (C=O) groups is 2. The lowest BCUT2D eigenvalue weighted by Gasteiger charge is -2.24. The van der Waals surface area contributed by atoms with Crippen molar-refractivity contribution in [3.8, 4) is 0 Å². The minimum absolute atomic E-state index is 0.318. The van der Waals surface area contributed by atoms with E-state index in [2.05, 4.69) is 5.32 Å². The highest BCUT2D eigenvalue weighted by atomic mass is 16.4. The van der Waals surface area contributed by atoms with Crippen LogP contribution < -0.4 is 5.32 Å². The molecule has 1 aromatic rings. The van der Waals surface area contributed by atoms with Gasteiger partial charge >= 0.3 is 5.97 Å². The number of likely N-dealkylation sites (N-methyl/N-ethyl adjacent to an activating group) is 1. The Morgan fingerprint density at radius 1 is 1.22 bits per heavy atom. The van der Waals surface area contributed by atoms with E-state index in [1.807, 2.05) is 30.3 Å². The summed E-state index contributed by atoms with van der Waals surface area (Å²) in [5.74, 6) is -1.37. The molecule has 0 bridgehead atoms. The SMILES string of the molecule is CC(NC(=O)C(c1ccccc1)N(C)C)C(=O)O. The second-order valence-electron chi connectivity index (χ2n) is 4.35. The number of benzene rings is 1. The van der Waals surface area contributed by atoms with Crippen LogP contribution in [0.25, 0.3) is 0 Å². The van der Waals surface area contributed by atoms with Crippen LogP contribution in [0.3, 0.4) is 0 Å². The van der Waals surface area contributed by atoms with Crippen LogP contribution >= 0.6 is 0 Å². The summed E-state index contributed by atoms with van der Waals surface area (Å²) in [5, 5.41) is 11.3. The van der Waals surface area contributed by atoms with Crippen LogP contribution in [0, 0.1) is 0 Å². The van der Waals surface area contributed by atoms with Crippen LogP contribution in [0.15, 0.2) is 30.3 Å². The molecule has 0 saturated carbocycles. The van der Waals surface area contributed by atoms with Gasteiger partial charge < -0.3 is 10.4 Å².